The number of hydrogen-bond donors (Lipinski definition) is 0. The average molecular weight is 368 g/mol. The van der Waals surface area contributed by atoms with Crippen LogP contribution in [0.1, 0.15) is 11.1 Å². The lowest BCUT2D eigenvalue weighted by Gasteiger charge is -2.15. The number of hydrogen-bond acceptors (Lipinski definition) is 6. The SMILES string of the molecule is O=C(OCc1ccccc1)N1CN(C(=O)OCc2ccccc2)C(=O)C1=O. The third-order valence-electron chi connectivity index (χ3n) is 3.81. The third-order valence-corrected chi connectivity index (χ3v) is 3.81. The highest BCUT2D eigenvalue weighted by Gasteiger charge is 2.44. The molecule has 2 aromatic rings. The largest absolute Gasteiger partial charge is 0.444 e. The molecule has 0 unspecified atom stereocenters. The first kappa shape index (κ1) is 18.1. The summed E-state index contributed by atoms with van der Waals surface area (Å²) in [6.07, 6.45) is -2.01. The van der Waals surface area contributed by atoms with E-state index >= 15 is 0 Å². The van der Waals surface area contributed by atoms with Gasteiger partial charge < -0.3 is 9.47 Å². The van der Waals surface area contributed by atoms with E-state index in [1.54, 1.807) is 48.5 Å². The molecule has 0 aromatic heterocycles. The molecule has 1 fully saturated rings. The molecule has 0 bridgehead atoms. The first-order valence-corrected chi connectivity index (χ1v) is 8.11. The molecule has 3 rings (SSSR count). The van der Waals surface area contributed by atoms with Crippen molar-refractivity contribution < 1.29 is 28.7 Å². The van der Waals surface area contributed by atoms with Gasteiger partial charge in [-0.3, -0.25) is 9.59 Å². The Labute approximate surface area is 154 Å². The Hall–Kier alpha value is -3.68. The highest BCUT2D eigenvalue weighted by Crippen LogP contribution is 2.14. The third kappa shape index (κ3) is 4.30. The zero-order chi connectivity index (χ0) is 19.2. The molecule has 2 aromatic carbocycles. The van der Waals surface area contributed by atoms with Crippen molar-refractivity contribution in [1.82, 2.24) is 9.80 Å². The van der Waals surface area contributed by atoms with Crippen LogP contribution in [0, 0.1) is 0 Å². The van der Waals surface area contributed by atoms with Gasteiger partial charge in [0.15, 0.2) is 0 Å². The zero-order valence-electron chi connectivity index (χ0n) is 14.2. The predicted octanol–water partition coefficient (Wildman–Crippen LogP) is 2.29. The van der Waals surface area contributed by atoms with Gasteiger partial charge in [0.1, 0.15) is 19.9 Å². The molecular formula is C19H16N2O6. The van der Waals surface area contributed by atoms with Gasteiger partial charge in [-0.05, 0) is 11.1 Å². The first-order chi connectivity index (χ1) is 13.1. The van der Waals surface area contributed by atoms with E-state index in [4.69, 9.17) is 9.47 Å². The van der Waals surface area contributed by atoms with Gasteiger partial charge in [0.25, 0.3) is 0 Å². The summed E-state index contributed by atoms with van der Waals surface area (Å²) in [7, 11) is 0. The minimum absolute atomic E-state index is 0.0594. The van der Waals surface area contributed by atoms with Gasteiger partial charge in [-0.15, -0.1) is 0 Å². The van der Waals surface area contributed by atoms with Crippen LogP contribution in [0.5, 0.6) is 0 Å². The van der Waals surface area contributed by atoms with Crippen LogP contribution < -0.4 is 0 Å². The van der Waals surface area contributed by atoms with E-state index in [1.165, 1.54) is 0 Å². The van der Waals surface area contributed by atoms with Crippen LogP contribution in [-0.4, -0.2) is 40.5 Å². The Morgan fingerprint density at radius 2 is 1.07 bits per heavy atom. The summed E-state index contributed by atoms with van der Waals surface area (Å²) in [4.78, 5) is 49.2. The molecule has 1 saturated heterocycles. The fraction of sp³-hybridized carbons (Fsp3) is 0.158. The summed E-state index contributed by atoms with van der Waals surface area (Å²) in [6.45, 7) is -0.662. The molecule has 0 spiro atoms. The minimum Gasteiger partial charge on any atom is -0.444 e. The number of nitrogens with zero attached hydrogens (tertiary/aromatic N) is 2. The Balaban J connectivity index is 1.56. The van der Waals surface area contributed by atoms with Gasteiger partial charge in [-0.25, -0.2) is 19.4 Å². The Morgan fingerprint density at radius 3 is 1.44 bits per heavy atom. The predicted molar refractivity (Wildman–Crippen MR) is 91.8 cm³/mol. The first-order valence-electron chi connectivity index (χ1n) is 8.11. The number of ether oxygens (including phenoxy) is 2. The van der Waals surface area contributed by atoms with Crippen molar-refractivity contribution >= 4 is 24.0 Å². The second kappa shape index (κ2) is 8.13. The Kier molecular flexibility index (Phi) is 5.46. The van der Waals surface area contributed by atoms with Crippen molar-refractivity contribution in [3.05, 3.63) is 71.8 Å². The summed E-state index contributed by atoms with van der Waals surface area (Å²) >= 11 is 0. The molecule has 1 aliphatic heterocycles. The topological polar surface area (TPSA) is 93.2 Å². The lowest BCUT2D eigenvalue weighted by Crippen LogP contribution is -2.35. The molecule has 8 heteroatoms. The minimum atomic E-state index is -1.13. The molecule has 0 saturated carbocycles. The lowest BCUT2D eigenvalue weighted by molar-refractivity contribution is -0.142. The van der Waals surface area contributed by atoms with Crippen LogP contribution in [0.3, 0.4) is 0 Å². The van der Waals surface area contributed by atoms with Gasteiger partial charge in [-0.1, -0.05) is 60.7 Å². The monoisotopic (exact) mass is 368 g/mol. The second-order valence-corrected chi connectivity index (χ2v) is 5.69. The molecular weight excluding hydrogens is 352 g/mol. The maximum Gasteiger partial charge on any atom is 0.418 e. The summed E-state index contributed by atoms with van der Waals surface area (Å²) < 4.78 is 10.0. The van der Waals surface area contributed by atoms with Crippen LogP contribution >= 0.6 is 0 Å². The molecule has 1 heterocycles. The fourth-order valence-corrected chi connectivity index (χ4v) is 2.38. The van der Waals surface area contributed by atoms with E-state index in [0.717, 1.165) is 11.1 Å². The molecule has 0 radical (unpaired) electrons. The highest BCUT2D eigenvalue weighted by molar-refractivity contribution is 6.41. The Morgan fingerprint density at radius 1 is 0.704 bits per heavy atom. The number of carbonyl (C=O) groups excluding carboxylic acids is 4. The van der Waals surface area contributed by atoms with Gasteiger partial charge >= 0.3 is 24.0 Å². The smallest absolute Gasteiger partial charge is 0.418 e. The van der Waals surface area contributed by atoms with Gasteiger partial charge in [0, 0.05) is 0 Å². The van der Waals surface area contributed by atoms with E-state index in [-0.39, 0.29) is 13.2 Å². The quantitative estimate of drug-likeness (QED) is 0.769. The summed E-state index contributed by atoms with van der Waals surface area (Å²) in [5, 5.41) is 0. The van der Waals surface area contributed by atoms with Crippen molar-refractivity contribution in [3.63, 3.8) is 0 Å². The second-order valence-electron chi connectivity index (χ2n) is 5.69. The number of imide groups is 2. The normalized spacial score (nSPS) is 13.6. The van der Waals surface area contributed by atoms with Crippen LogP contribution in [-0.2, 0) is 32.3 Å². The van der Waals surface area contributed by atoms with Crippen molar-refractivity contribution in [2.75, 3.05) is 6.67 Å². The molecule has 138 valence electrons. The van der Waals surface area contributed by atoms with Crippen LogP contribution in [0.2, 0.25) is 0 Å². The lowest BCUT2D eigenvalue weighted by atomic mass is 10.2. The molecule has 0 atom stereocenters. The average Bonchev–Trinajstić information content (AvgIpc) is 3.01. The fourth-order valence-electron chi connectivity index (χ4n) is 2.38. The van der Waals surface area contributed by atoms with E-state index in [1.807, 2.05) is 12.1 Å². The standard InChI is InChI=1S/C19H16N2O6/c22-16-17(23)21(19(25)27-12-15-9-5-2-6-10-15)13-20(16)18(24)26-11-14-7-3-1-4-8-14/h1-10H,11-13H2. The molecule has 27 heavy (non-hydrogen) atoms. The maximum atomic E-state index is 12.1. The van der Waals surface area contributed by atoms with Crippen molar-refractivity contribution in [2.45, 2.75) is 13.2 Å². The summed E-state index contributed by atoms with van der Waals surface area (Å²) in [6, 6.07) is 17.7. The van der Waals surface area contributed by atoms with E-state index in [9.17, 15) is 19.2 Å². The molecule has 4 amide bonds. The molecule has 0 aliphatic carbocycles. The van der Waals surface area contributed by atoms with E-state index in [2.05, 4.69) is 0 Å². The molecule has 0 N–H and O–H groups in total. The highest BCUT2D eigenvalue weighted by atomic mass is 16.6. The summed E-state index contributed by atoms with van der Waals surface area (Å²) in [5.41, 5.74) is 1.45. The summed E-state index contributed by atoms with van der Waals surface area (Å²) in [5.74, 6) is -2.27. The van der Waals surface area contributed by atoms with Crippen LogP contribution in [0.25, 0.3) is 0 Å². The van der Waals surface area contributed by atoms with E-state index < -0.39 is 30.7 Å². The zero-order valence-corrected chi connectivity index (χ0v) is 14.2. The number of rotatable bonds is 4. The molecule has 1 aliphatic rings. The van der Waals surface area contributed by atoms with Gasteiger partial charge in [-0.2, -0.15) is 0 Å². The Bertz CT molecular complexity index is 782. The van der Waals surface area contributed by atoms with E-state index in [0.29, 0.717) is 9.80 Å². The van der Waals surface area contributed by atoms with Crippen molar-refractivity contribution in [1.29, 1.82) is 0 Å². The van der Waals surface area contributed by atoms with Gasteiger partial charge in [0.05, 0.1) is 0 Å². The molecule has 8 nitrogen and oxygen atoms in total. The van der Waals surface area contributed by atoms with Gasteiger partial charge in [0.2, 0.25) is 0 Å². The maximum absolute atomic E-state index is 12.1. The van der Waals surface area contributed by atoms with Crippen LogP contribution in [0.4, 0.5) is 9.59 Å². The number of carbonyl (C=O) groups is 4. The van der Waals surface area contributed by atoms with Crippen molar-refractivity contribution in [2.24, 2.45) is 0 Å². The number of benzene rings is 2. The number of amides is 4. The van der Waals surface area contributed by atoms with Crippen molar-refractivity contribution in [3.8, 4) is 0 Å². The van der Waals surface area contributed by atoms with Crippen LogP contribution in [0.15, 0.2) is 60.7 Å².